The zero-order chi connectivity index (χ0) is 26.5. The third-order valence-electron chi connectivity index (χ3n) is 3.64. The lowest BCUT2D eigenvalue weighted by Crippen LogP contribution is -2.63. The second kappa shape index (κ2) is 10.1. The van der Waals surface area contributed by atoms with E-state index >= 15 is 0 Å². The van der Waals surface area contributed by atoms with E-state index in [1.807, 2.05) is 0 Å². The number of hydrogen-bond acceptors (Lipinski definition) is 6. The summed E-state index contributed by atoms with van der Waals surface area (Å²) in [6.45, 7) is 0.863. The van der Waals surface area contributed by atoms with Crippen LogP contribution in [0.2, 0.25) is 0 Å². The molecule has 1 amide bonds. The van der Waals surface area contributed by atoms with Crippen LogP contribution in [0.4, 0.5) is 39.5 Å². The number of amidine groups is 1. The molecule has 1 aromatic carbocycles. The standard InChI is InChI=1S/C12H10F3N3O2.2C2HF3O2/c13-12(14,15)20-8-3-1-2-7(4-8)9-17-10(19)11(18-9)5-16-6-11;2*3-2(4,5)1(6)7/h1-4,16H,5-6H2,(H,17,18,19);2*(H,6,7). The number of nitrogens with one attached hydrogen (secondary N) is 2. The van der Waals surface area contributed by atoms with Crippen molar-refractivity contribution in [2.75, 3.05) is 13.1 Å². The molecule has 2 heterocycles. The fraction of sp³-hybridized carbons (Fsp3) is 0.375. The molecule has 0 radical (unpaired) electrons. The van der Waals surface area contributed by atoms with Gasteiger partial charge >= 0.3 is 30.7 Å². The number of ether oxygens (including phenoxy) is 1. The number of amides is 1. The third-order valence-corrected chi connectivity index (χ3v) is 3.64. The number of hydrogen-bond donors (Lipinski definition) is 4. The van der Waals surface area contributed by atoms with Crippen LogP contribution in [0.1, 0.15) is 5.56 Å². The molecular formula is C16H12F9N3O6. The summed E-state index contributed by atoms with van der Waals surface area (Å²) in [6, 6.07) is 5.36. The van der Waals surface area contributed by atoms with Crippen LogP contribution in [0.5, 0.6) is 5.75 Å². The number of alkyl halides is 9. The molecule has 0 aliphatic carbocycles. The molecule has 1 aromatic rings. The molecule has 0 aromatic heterocycles. The maximum absolute atomic E-state index is 12.2. The van der Waals surface area contributed by atoms with Gasteiger partial charge in [-0.1, -0.05) is 12.1 Å². The molecule has 2 aliphatic heterocycles. The Kier molecular flexibility index (Phi) is 8.49. The van der Waals surface area contributed by atoms with Gasteiger partial charge in [0.1, 0.15) is 11.6 Å². The van der Waals surface area contributed by atoms with Gasteiger partial charge in [0.25, 0.3) is 5.91 Å². The van der Waals surface area contributed by atoms with Crippen molar-refractivity contribution < 1.29 is 68.8 Å². The first-order valence-electron chi connectivity index (χ1n) is 8.35. The van der Waals surface area contributed by atoms with Gasteiger partial charge in [-0.2, -0.15) is 26.3 Å². The van der Waals surface area contributed by atoms with E-state index in [-0.39, 0.29) is 17.5 Å². The van der Waals surface area contributed by atoms with E-state index in [1.54, 1.807) is 6.07 Å². The average molecular weight is 513 g/mol. The van der Waals surface area contributed by atoms with Crippen LogP contribution in [-0.4, -0.2) is 71.2 Å². The first kappa shape index (κ1) is 28.5. The van der Waals surface area contributed by atoms with Gasteiger partial charge < -0.3 is 25.6 Å². The molecule has 1 spiro atoms. The maximum atomic E-state index is 12.2. The van der Waals surface area contributed by atoms with E-state index in [2.05, 4.69) is 20.4 Å². The minimum atomic E-state index is -5.08. The van der Waals surface area contributed by atoms with Crippen molar-refractivity contribution in [3.8, 4) is 5.75 Å². The Balaban J connectivity index is 0.000000343. The van der Waals surface area contributed by atoms with Gasteiger partial charge in [-0.3, -0.25) is 4.79 Å². The minimum Gasteiger partial charge on any atom is -0.475 e. The molecule has 0 saturated carbocycles. The maximum Gasteiger partial charge on any atom is 0.573 e. The van der Waals surface area contributed by atoms with Crippen LogP contribution in [0.3, 0.4) is 0 Å². The molecule has 1 fully saturated rings. The van der Waals surface area contributed by atoms with Crippen molar-refractivity contribution in [3.05, 3.63) is 29.8 Å². The molecule has 0 atom stereocenters. The molecule has 2 aliphatic rings. The molecule has 3 rings (SSSR count). The predicted octanol–water partition coefficient (Wildman–Crippen LogP) is 2.07. The highest BCUT2D eigenvalue weighted by molar-refractivity contribution is 6.16. The number of aliphatic carboxylic acids is 2. The van der Waals surface area contributed by atoms with Crippen molar-refractivity contribution in [2.24, 2.45) is 4.99 Å². The van der Waals surface area contributed by atoms with Crippen molar-refractivity contribution in [1.29, 1.82) is 0 Å². The summed E-state index contributed by atoms with van der Waals surface area (Å²) in [5.41, 5.74) is -0.431. The highest BCUT2D eigenvalue weighted by atomic mass is 19.4. The van der Waals surface area contributed by atoms with E-state index in [0.717, 1.165) is 0 Å². The highest BCUT2D eigenvalue weighted by Gasteiger charge is 2.48. The number of carboxylic acids is 2. The van der Waals surface area contributed by atoms with Crippen molar-refractivity contribution in [2.45, 2.75) is 24.3 Å². The fourth-order valence-electron chi connectivity index (χ4n) is 2.10. The van der Waals surface area contributed by atoms with E-state index in [0.29, 0.717) is 18.7 Å². The van der Waals surface area contributed by atoms with Gasteiger partial charge in [-0.25, -0.2) is 14.6 Å². The largest absolute Gasteiger partial charge is 0.573 e. The Morgan fingerprint density at radius 2 is 1.41 bits per heavy atom. The molecule has 9 nitrogen and oxygen atoms in total. The number of benzene rings is 1. The minimum absolute atomic E-state index is 0.242. The van der Waals surface area contributed by atoms with Gasteiger partial charge in [-0.15, -0.1) is 13.2 Å². The predicted molar refractivity (Wildman–Crippen MR) is 90.8 cm³/mol. The monoisotopic (exact) mass is 513 g/mol. The molecular weight excluding hydrogens is 501 g/mol. The molecule has 34 heavy (non-hydrogen) atoms. The SMILES string of the molecule is O=C(O)C(F)(F)F.O=C(O)C(F)(F)F.O=C1NC(c2cccc(OC(F)(F)F)c2)=NC12CNC2. The second-order valence-corrected chi connectivity index (χ2v) is 6.23. The first-order valence-corrected chi connectivity index (χ1v) is 8.35. The zero-order valence-corrected chi connectivity index (χ0v) is 16.1. The van der Waals surface area contributed by atoms with E-state index in [9.17, 15) is 44.3 Å². The van der Waals surface area contributed by atoms with Crippen molar-refractivity contribution >= 4 is 23.7 Å². The summed E-state index contributed by atoms with van der Waals surface area (Å²) in [5.74, 6) is -5.84. The van der Waals surface area contributed by atoms with Gasteiger partial charge in [0.2, 0.25) is 0 Å². The number of aliphatic imine (C=N–C) groups is 1. The Bertz CT molecular complexity index is 929. The summed E-state index contributed by atoms with van der Waals surface area (Å²) in [4.78, 5) is 33.9. The summed E-state index contributed by atoms with van der Waals surface area (Å²) >= 11 is 0. The quantitative estimate of drug-likeness (QED) is 0.445. The van der Waals surface area contributed by atoms with Gasteiger partial charge in [-0.05, 0) is 12.1 Å². The van der Waals surface area contributed by atoms with Gasteiger partial charge in [0, 0.05) is 18.7 Å². The van der Waals surface area contributed by atoms with Crippen LogP contribution in [-0.2, 0) is 14.4 Å². The molecule has 1 saturated heterocycles. The van der Waals surface area contributed by atoms with Crippen LogP contribution in [0, 0.1) is 0 Å². The number of carbonyl (C=O) groups is 3. The molecule has 190 valence electrons. The Hall–Kier alpha value is -3.57. The summed E-state index contributed by atoms with van der Waals surface area (Å²) in [5, 5.41) is 19.8. The lowest BCUT2D eigenvalue weighted by atomic mass is 9.93. The molecule has 0 unspecified atom stereocenters. The Morgan fingerprint density at radius 3 is 1.74 bits per heavy atom. The summed E-state index contributed by atoms with van der Waals surface area (Å²) in [6.07, 6.45) is -14.9. The van der Waals surface area contributed by atoms with Crippen molar-refractivity contribution in [3.63, 3.8) is 0 Å². The lowest BCUT2D eigenvalue weighted by Gasteiger charge is -2.33. The van der Waals surface area contributed by atoms with E-state index < -0.39 is 36.2 Å². The Labute approximate surface area is 182 Å². The third kappa shape index (κ3) is 8.41. The van der Waals surface area contributed by atoms with Crippen LogP contribution >= 0.6 is 0 Å². The molecule has 0 bridgehead atoms. The number of rotatable bonds is 2. The van der Waals surface area contributed by atoms with E-state index in [1.165, 1.54) is 18.2 Å². The number of halogens is 9. The summed E-state index contributed by atoms with van der Waals surface area (Å²) < 4.78 is 104. The highest BCUT2D eigenvalue weighted by Crippen LogP contribution is 2.26. The lowest BCUT2D eigenvalue weighted by molar-refractivity contribution is -0.274. The topological polar surface area (TPSA) is 137 Å². The second-order valence-electron chi connectivity index (χ2n) is 6.23. The molecule has 4 N–H and O–H groups in total. The van der Waals surface area contributed by atoms with Crippen LogP contribution in [0.25, 0.3) is 0 Å². The zero-order valence-electron chi connectivity index (χ0n) is 16.1. The number of carboxylic acid groups (broad SMARTS) is 2. The van der Waals surface area contributed by atoms with E-state index in [4.69, 9.17) is 19.8 Å². The number of carbonyl (C=O) groups excluding carboxylic acids is 1. The van der Waals surface area contributed by atoms with Gasteiger partial charge in [0.05, 0.1) is 0 Å². The van der Waals surface area contributed by atoms with Gasteiger partial charge in [0.15, 0.2) is 5.54 Å². The smallest absolute Gasteiger partial charge is 0.475 e. The van der Waals surface area contributed by atoms with Crippen molar-refractivity contribution in [1.82, 2.24) is 10.6 Å². The number of nitrogens with zero attached hydrogens (tertiary/aromatic N) is 1. The van der Waals surface area contributed by atoms with Crippen LogP contribution < -0.4 is 15.4 Å². The fourth-order valence-corrected chi connectivity index (χ4v) is 2.10. The normalized spacial score (nSPS) is 16.6. The first-order chi connectivity index (χ1) is 15.3. The Morgan fingerprint density at radius 1 is 0.941 bits per heavy atom. The summed E-state index contributed by atoms with van der Waals surface area (Å²) in [7, 11) is 0. The molecule has 18 heteroatoms. The van der Waals surface area contributed by atoms with Crippen LogP contribution in [0.15, 0.2) is 29.3 Å². The average Bonchev–Trinajstić information content (AvgIpc) is 2.98.